The first-order chi connectivity index (χ1) is 15.6. The number of nitrogens with zero attached hydrogens (tertiary/aromatic N) is 3. The van der Waals surface area contributed by atoms with Gasteiger partial charge in [0.2, 0.25) is 5.95 Å². The van der Waals surface area contributed by atoms with Crippen LogP contribution in [0, 0.1) is 5.82 Å². The van der Waals surface area contributed by atoms with Crippen LogP contribution in [0.3, 0.4) is 0 Å². The number of fused-ring (bicyclic) bond motifs is 1. The molecule has 0 saturated heterocycles. The second-order valence-electron chi connectivity index (χ2n) is 7.41. The maximum atomic E-state index is 13.5. The Kier molecular flexibility index (Phi) is 5.06. The van der Waals surface area contributed by atoms with Crippen LogP contribution in [0.1, 0.15) is 40.2 Å². The summed E-state index contributed by atoms with van der Waals surface area (Å²) >= 11 is 0. The quantitative estimate of drug-likeness (QED) is 0.484. The Morgan fingerprint density at radius 3 is 2.59 bits per heavy atom. The van der Waals surface area contributed by atoms with Gasteiger partial charge in [0.05, 0.1) is 25.5 Å². The van der Waals surface area contributed by atoms with Crippen molar-refractivity contribution < 1.29 is 18.3 Å². The van der Waals surface area contributed by atoms with Gasteiger partial charge >= 0.3 is 0 Å². The minimum atomic E-state index is -0.442. The van der Waals surface area contributed by atoms with Crippen LogP contribution >= 0.6 is 0 Å². The first kappa shape index (κ1) is 19.8. The lowest BCUT2D eigenvalue weighted by molar-refractivity contribution is 0.0995. The topological polar surface area (TPSA) is 94.2 Å². The van der Waals surface area contributed by atoms with Crippen LogP contribution in [0.2, 0.25) is 0 Å². The molecular weight excluding hydrogens is 413 g/mol. The molecule has 2 atom stereocenters. The second-order valence-corrected chi connectivity index (χ2v) is 7.41. The molecule has 0 bridgehead atoms. The summed E-state index contributed by atoms with van der Waals surface area (Å²) in [6.07, 6.45) is 2.08. The van der Waals surface area contributed by atoms with E-state index in [1.807, 2.05) is 24.3 Å². The summed E-state index contributed by atoms with van der Waals surface area (Å²) in [5, 5.41) is 10.5. The Morgan fingerprint density at radius 1 is 1.16 bits per heavy atom. The van der Waals surface area contributed by atoms with E-state index in [1.165, 1.54) is 18.4 Å². The third kappa shape index (κ3) is 3.80. The van der Waals surface area contributed by atoms with Gasteiger partial charge in [-0.3, -0.25) is 10.1 Å². The van der Waals surface area contributed by atoms with Gasteiger partial charge in [0.1, 0.15) is 11.6 Å². The van der Waals surface area contributed by atoms with Crippen molar-refractivity contribution in [1.29, 1.82) is 0 Å². The van der Waals surface area contributed by atoms with Crippen molar-refractivity contribution in [3.05, 3.63) is 89.6 Å². The predicted molar refractivity (Wildman–Crippen MR) is 115 cm³/mol. The summed E-state index contributed by atoms with van der Waals surface area (Å²) in [5.74, 6) is 0.836. The van der Waals surface area contributed by atoms with E-state index in [9.17, 15) is 9.18 Å². The van der Waals surface area contributed by atoms with E-state index < -0.39 is 5.91 Å². The average Bonchev–Trinajstić information content (AvgIpc) is 3.49. The van der Waals surface area contributed by atoms with Gasteiger partial charge in [0.15, 0.2) is 5.76 Å². The zero-order valence-electron chi connectivity index (χ0n) is 17.2. The highest BCUT2D eigenvalue weighted by molar-refractivity contribution is 6.01. The van der Waals surface area contributed by atoms with Crippen molar-refractivity contribution in [2.45, 2.75) is 18.5 Å². The number of benzene rings is 2. The maximum Gasteiger partial charge on any atom is 0.293 e. The molecule has 2 aromatic carbocycles. The Labute approximate surface area is 183 Å². The van der Waals surface area contributed by atoms with Crippen molar-refractivity contribution in [3.63, 3.8) is 0 Å². The number of nitrogens with one attached hydrogen (secondary N) is 2. The molecule has 1 amide bonds. The van der Waals surface area contributed by atoms with Gasteiger partial charge in [-0.15, -0.1) is 5.10 Å². The van der Waals surface area contributed by atoms with Crippen molar-refractivity contribution in [2.75, 3.05) is 17.7 Å². The molecule has 0 unspecified atom stereocenters. The Hall–Kier alpha value is -4.14. The Bertz CT molecular complexity index is 1220. The van der Waals surface area contributed by atoms with Gasteiger partial charge in [0.25, 0.3) is 11.9 Å². The number of aromatic nitrogens is 3. The average molecular weight is 433 g/mol. The number of rotatable bonds is 5. The molecule has 0 aliphatic carbocycles. The van der Waals surface area contributed by atoms with E-state index in [-0.39, 0.29) is 29.6 Å². The molecule has 32 heavy (non-hydrogen) atoms. The minimum Gasteiger partial charge on any atom is -0.497 e. The molecule has 0 saturated carbocycles. The van der Waals surface area contributed by atoms with Gasteiger partial charge in [-0.1, -0.05) is 24.3 Å². The molecule has 2 N–H and O–H groups in total. The summed E-state index contributed by atoms with van der Waals surface area (Å²) in [6, 6.07) is 17.0. The number of ether oxygens (including phenoxy) is 1. The third-order valence-corrected chi connectivity index (χ3v) is 5.43. The lowest BCUT2D eigenvalue weighted by Crippen LogP contribution is -2.28. The summed E-state index contributed by atoms with van der Waals surface area (Å²) < 4.78 is 25.6. The molecule has 3 heterocycles. The lowest BCUT2D eigenvalue weighted by Gasteiger charge is -2.31. The zero-order valence-corrected chi connectivity index (χ0v) is 17.2. The number of anilines is 2. The van der Waals surface area contributed by atoms with Gasteiger partial charge in [-0.25, -0.2) is 9.07 Å². The van der Waals surface area contributed by atoms with Gasteiger partial charge < -0.3 is 14.5 Å². The molecule has 1 aliphatic heterocycles. The van der Waals surface area contributed by atoms with Crippen molar-refractivity contribution in [1.82, 2.24) is 14.8 Å². The second kappa shape index (κ2) is 8.18. The molecule has 2 aromatic heterocycles. The lowest BCUT2D eigenvalue weighted by atomic mass is 9.93. The SMILES string of the molecule is COc1ccc([C@H]2C[C@H](c3ccc(F)cc3)n3nc(NC(=O)c4ccco4)nc3N2)cc1. The fourth-order valence-electron chi connectivity index (χ4n) is 3.82. The van der Waals surface area contributed by atoms with E-state index in [1.54, 1.807) is 36.1 Å². The van der Waals surface area contributed by atoms with Crippen molar-refractivity contribution in [2.24, 2.45) is 0 Å². The van der Waals surface area contributed by atoms with E-state index >= 15 is 0 Å². The summed E-state index contributed by atoms with van der Waals surface area (Å²) in [4.78, 5) is 16.8. The molecule has 4 aromatic rings. The highest BCUT2D eigenvalue weighted by atomic mass is 19.1. The van der Waals surface area contributed by atoms with Crippen molar-refractivity contribution >= 4 is 17.8 Å². The van der Waals surface area contributed by atoms with Crippen LogP contribution in [-0.2, 0) is 0 Å². The standard InChI is InChI=1S/C23H20FN5O3/c1-31-17-10-6-14(7-11-17)18-13-19(15-4-8-16(24)9-5-15)29-23(25-18)27-22(28-29)26-21(30)20-3-2-12-32-20/h2-12,18-19H,13H2,1H3,(H2,25,26,27,28,30)/t18-,19-/m1/s1. The highest BCUT2D eigenvalue weighted by Crippen LogP contribution is 2.38. The molecule has 5 rings (SSSR count). The normalized spacial score (nSPS) is 17.3. The predicted octanol–water partition coefficient (Wildman–Crippen LogP) is 4.42. The van der Waals surface area contributed by atoms with Crippen LogP contribution in [0.15, 0.2) is 71.3 Å². The van der Waals surface area contributed by atoms with Crippen LogP contribution in [-0.4, -0.2) is 27.8 Å². The number of furan rings is 1. The first-order valence-electron chi connectivity index (χ1n) is 10.1. The largest absolute Gasteiger partial charge is 0.497 e. The first-order valence-corrected chi connectivity index (χ1v) is 10.1. The Balaban J connectivity index is 1.48. The number of hydrogen-bond acceptors (Lipinski definition) is 6. The summed E-state index contributed by atoms with van der Waals surface area (Å²) in [5.41, 5.74) is 1.94. The van der Waals surface area contributed by atoms with Crippen LogP contribution in [0.4, 0.5) is 16.3 Å². The molecule has 0 spiro atoms. The van der Waals surface area contributed by atoms with E-state index in [0.717, 1.165) is 16.9 Å². The number of hydrogen-bond donors (Lipinski definition) is 2. The maximum absolute atomic E-state index is 13.5. The molecule has 9 heteroatoms. The zero-order chi connectivity index (χ0) is 22.1. The fourth-order valence-corrected chi connectivity index (χ4v) is 3.82. The monoisotopic (exact) mass is 433 g/mol. The van der Waals surface area contributed by atoms with E-state index in [4.69, 9.17) is 9.15 Å². The summed E-state index contributed by atoms with van der Waals surface area (Å²) in [6.45, 7) is 0. The molecule has 162 valence electrons. The molecule has 1 aliphatic rings. The Morgan fingerprint density at radius 2 is 1.91 bits per heavy atom. The number of carbonyl (C=O) groups excluding carboxylic acids is 1. The smallest absolute Gasteiger partial charge is 0.293 e. The minimum absolute atomic E-state index is 0.0683. The van der Waals surface area contributed by atoms with Crippen LogP contribution in [0.25, 0.3) is 0 Å². The number of halogens is 1. The number of amides is 1. The van der Waals surface area contributed by atoms with Crippen LogP contribution < -0.4 is 15.4 Å². The van der Waals surface area contributed by atoms with E-state index in [0.29, 0.717) is 12.4 Å². The molecular formula is C23H20FN5O3. The van der Waals surface area contributed by atoms with Gasteiger partial charge in [-0.2, -0.15) is 4.98 Å². The molecule has 0 radical (unpaired) electrons. The number of carbonyl (C=O) groups is 1. The highest BCUT2D eigenvalue weighted by Gasteiger charge is 2.31. The van der Waals surface area contributed by atoms with E-state index in [2.05, 4.69) is 20.7 Å². The third-order valence-electron chi connectivity index (χ3n) is 5.43. The molecule has 8 nitrogen and oxygen atoms in total. The van der Waals surface area contributed by atoms with Crippen molar-refractivity contribution in [3.8, 4) is 5.75 Å². The molecule has 0 fully saturated rings. The summed E-state index contributed by atoms with van der Waals surface area (Å²) in [7, 11) is 1.62. The van der Waals surface area contributed by atoms with Gasteiger partial charge in [0, 0.05) is 0 Å². The fraction of sp³-hybridized carbons (Fsp3) is 0.174. The number of methoxy groups -OCH3 is 1. The van der Waals surface area contributed by atoms with Crippen LogP contribution in [0.5, 0.6) is 5.75 Å². The van der Waals surface area contributed by atoms with Gasteiger partial charge in [-0.05, 0) is 53.9 Å².